The molecule has 35 heavy (non-hydrogen) atoms. The van der Waals surface area contributed by atoms with Gasteiger partial charge in [-0.15, -0.1) is 0 Å². The number of likely N-dealkylation sites (tertiary alicyclic amines) is 1. The molecule has 1 aliphatic heterocycles. The Balaban J connectivity index is 1.08. The van der Waals surface area contributed by atoms with Crippen molar-refractivity contribution in [3.63, 3.8) is 0 Å². The number of rotatable bonds is 5. The molecule has 0 aromatic heterocycles. The van der Waals surface area contributed by atoms with E-state index in [0.717, 1.165) is 11.1 Å². The van der Waals surface area contributed by atoms with Gasteiger partial charge in [0.1, 0.15) is 12.6 Å². The van der Waals surface area contributed by atoms with Crippen LogP contribution in [0.4, 0.5) is 4.79 Å². The predicted molar refractivity (Wildman–Crippen MR) is 126 cm³/mol. The molecule has 8 heteroatoms. The van der Waals surface area contributed by atoms with Crippen LogP contribution in [-0.2, 0) is 14.3 Å². The van der Waals surface area contributed by atoms with Gasteiger partial charge in [0, 0.05) is 24.9 Å². The number of carboxylic acids is 1. The van der Waals surface area contributed by atoms with Crippen molar-refractivity contribution in [1.82, 2.24) is 10.2 Å². The molecule has 0 unspecified atom stereocenters. The van der Waals surface area contributed by atoms with E-state index in [1.807, 2.05) is 24.3 Å². The SMILES string of the molecule is O=C(N[C@@H]1C[C@H]2C[C@@]2(C(=O)N2C[C@@H](O)C[C@H]2C(=O)O)C1)OCC1c2ccccc2-c2ccccc21. The van der Waals surface area contributed by atoms with Crippen molar-refractivity contribution in [3.8, 4) is 11.1 Å². The Hall–Kier alpha value is -3.39. The first-order chi connectivity index (χ1) is 16.9. The molecule has 2 amide bonds. The number of ether oxygens (including phenoxy) is 1. The average Bonchev–Trinajstić information content (AvgIpc) is 3.13. The first-order valence-corrected chi connectivity index (χ1v) is 12.2. The third-order valence-corrected chi connectivity index (χ3v) is 8.33. The highest BCUT2D eigenvalue weighted by molar-refractivity contribution is 5.91. The quantitative estimate of drug-likeness (QED) is 0.611. The van der Waals surface area contributed by atoms with Gasteiger partial charge in [0.15, 0.2) is 0 Å². The van der Waals surface area contributed by atoms with Crippen LogP contribution < -0.4 is 5.32 Å². The molecule has 182 valence electrons. The highest BCUT2D eigenvalue weighted by atomic mass is 16.5. The Morgan fingerprint density at radius 2 is 1.66 bits per heavy atom. The van der Waals surface area contributed by atoms with Crippen LogP contribution in [0.25, 0.3) is 11.1 Å². The van der Waals surface area contributed by atoms with E-state index in [-0.39, 0.29) is 43.4 Å². The number of nitrogens with zero attached hydrogens (tertiary/aromatic N) is 1. The molecule has 3 N–H and O–H groups in total. The highest BCUT2D eigenvalue weighted by Gasteiger charge is 2.67. The molecule has 2 saturated carbocycles. The Morgan fingerprint density at radius 1 is 1.00 bits per heavy atom. The summed E-state index contributed by atoms with van der Waals surface area (Å²) in [6.07, 6.45) is 0.589. The molecule has 2 aromatic rings. The summed E-state index contributed by atoms with van der Waals surface area (Å²) in [7, 11) is 0. The van der Waals surface area contributed by atoms with Crippen LogP contribution in [0.3, 0.4) is 0 Å². The second kappa shape index (κ2) is 8.09. The van der Waals surface area contributed by atoms with Crippen molar-refractivity contribution in [2.24, 2.45) is 11.3 Å². The minimum Gasteiger partial charge on any atom is -0.480 e. The van der Waals surface area contributed by atoms with Crippen LogP contribution in [-0.4, -0.2) is 64.4 Å². The summed E-state index contributed by atoms with van der Waals surface area (Å²) in [6, 6.07) is 15.1. The molecule has 0 bridgehead atoms. The fraction of sp³-hybridized carbons (Fsp3) is 0.444. The lowest BCUT2D eigenvalue weighted by Crippen LogP contribution is -2.45. The third-order valence-electron chi connectivity index (χ3n) is 8.33. The van der Waals surface area contributed by atoms with E-state index in [1.54, 1.807) is 0 Å². The number of aliphatic carboxylic acids is 1. The lowest BCUT2D eigenvalue weighted by molar-refractivity contribution is -0.150. The molecule has 3 aliphatic carbocycles. The molecule has 2 aromatic carbocycles. The fourth-order valence-corrected chi connectivity index (χ4v) is 6.63. The summed E-state index contributed by atoms with van der Waals surface area (Å²) in [5.74, 6) is -1.19. The minimum absolute atomic E-state index is 0.0207. The number of fused-ring (bicyclic) bond motifs is 4. The molecule has 0 spiro atoms. The number of aliphatic hydroxyl groups is 1. The first-order valence-electron chi connectivity index (χ1n) is 12.2. The molecule has 3 fully saturated rings. The molecule has 5 atom stereocenters. The van der Waals surface area contributed by atoms with E-state index >= 15 is 0 Å². The summed E-state index contributed by atoms with van der Waals surface area (Å²) >= 11 is 0. The van der Waals surface area contributed by atoms with Crippen molar-refractivity contribution >= 4 is 18.0 Å². The predicted octanol–water partition coefficient (Wildman–Crippen LogP) is 2.74. The molecule has 0 radical (unpaired) electrons. The maximum Gasteiger partial charge on any atom is 0.407 e. The van der Waals surface area contributed by atoms with Gasteiger partial charge in [0.2, 0.25) is 5.91 Å². The van der Waals surface area contributed by atoms with Crippen molar-refractivity contribution in [1.29, 1.82) is 0 Å². The second-order valence-corrected chi connectivity index (χ2v) is 10.4. The highest BCUT2D eigenvalue weighted by Crippen LogP contribution is 2.64. The molecule has 1 saturated heterocycles. The van der Waals surface area contributed by atoms with Gasteiger partial charge >= 0.3 is 12.1 Å². The smallest absolute Gasteiger partial charge is 0.407 e. The van der Waals surface area contributed by atoms with Crippen LogP contribution in [0.15, 0.2) is 48.5 Å². The van der Waals surface area contributed by atoms with E-state index in [1.165, 1.54) is 16.0 Å². The summed E-state index contributed by atoms with van der Waals surface area (Å²) in [6.45, 7) is 0.279. The fourth-order valence-electron chi connectivity index (χ4n) is 6.63. The zero-order chi connectivity index (χ0) is 24.3. The average molecular weight is 477 g/mol. The molecule has 8 nitrogen and oxygen atoms in total. The standard InChI is InChI=1S/C27H28N2O6/c30-17-10-23(24(31)32)29(13-17)25(33)27-11-15(27)9-16(12-27)28-26(34)35-14-22-20-7-3-1-5-18(20)19-6-2-4-8-21(19)22/h1-8,15-17,22-23,30H,9-14H2,(H,28,34)(H,31,32)/t15-,16+,17-,23-,27+/m0/s1. The Morgan fingerprint density at radius 3 is 2.31 bits per heavy atom. The van der Waals surface area contributed by atoms with Gasteiger partial charge in [-0.2, -0.15) is 0 Å². The number of carboxylic acid groups (broad SMARTS) is 1. The number of hydrogen-bond acceptors (Lipinski definition) is 5. The van der Waals surface area contributed by atoms with Gasteiger partial charge in [-0.1, -0.05) is 48.5 Å². The van der Waals surface area contributed by atoms with Crippen molar-refractivity contribution in [2.45, 2.75) is 49.8 Å². The number of alkyl carbamates (subject to hydrolysis) is 1. The number of benzene rings is 2. The number of aliphatic hydroxyl groups excluding tert-OH is 1. The van der Waals surface area contributed by atoms with E-state index in [9.17, 15) is 24.6 Å². The number of β-amino-alcohol motifs (C(OH)–C–C–N with tert-alkyl or cyclic N) is 1. The molecule has 1 heterocycles. The van der Waals surface area contributed by atoms with Crippen LogP contribution in [0.5, 0.6) is 0 Å². The van der Waals surface area contributed by atoms with Gasteiger partial charge in [-0.25, -0.2) is 9.59 Å². The molecule has 6 rings (SSSR count). The lowest BCUT2D eigenvalue weighted by atomic mass is 9.98. The van der Waals surface area contributed by atoms with Crippen LogP contribution >= 0.6 is 0 Å². The van der Waals surface area contributed by atoms with Crippen molar-refractivity contribution in [3.05, 3.63) is 59.7 Å². The van der Waals surface area contributed by atoms with Crippen LogP contribution in [0, 0.1) is 11.3 Å². The summed E-state index contributed by atoms with van der Waals surface area (Å²) < 4.78 is 5.65. The zero-order valence-corrected chi connectivity index (χ0v) is 19.2. The van der Waals surface area contributed by atoms with Crippen LogP contribution in [0.1, 0.15) is 42.7 Å². The molecule has 4 aliphatic rings. The van der Waals surface area contributed by atoms with Gasteiger partial charge in [0.05, 0.1) is 11.5 Å². The molecular formula is C27H28N2O6. The summed E-state index contributed by atoms with van der Waals surface area (Å²) in [5.41, 5.74) is 4.00. The first kappa shape index (κ1) is 22.1. The van der Waals surface area contributed by atoms with Crippen molar-refractivity contribution < 1.29 is 29.3 Å². The largest absolute Gasteiger partial charge is 0.480 e. The van der Waals surface area contributed by atoms with Gasteiger partial charge in [-0.05, 0) is 47.4 Å². The Bertz CT molecular complexity index is 1170. The second-order valence-electron chi connectivity index (χ2n) is 10.4. The Kier molecular flexibility index (Phi) is 5.11. The third kappa shape index (κ3) is 3.58. The number of carbonyl (C=O) groups excluding carboxylic acids is 2. The van der Waals surface area contributed by atoms with Gasteiger partial charge in [0.25, 0.3) is 0 Å². The minimum atomic E-state index is -1.09. The maximum atomic E-state index is 13.2. The van der Waals surface area contributed by atoms with Gasteiger partial charge < -0.3 is 25.2 Å². The van der Waals surface area contributed by atoms with E-state index < -0.39 is 29.6 Å². The number of amides is 2. The van der Waals surface area contributed by atoms with E-state index in [0.29, 0.717) is 19.3 Å². The van der Waals surface area contributed by atoms with E-state index in [2.05, 4.69) is 29.6 Å². The monoisotopic (exact) mass is 476 g/mol. The van der Waals surface area contributed by atoms with Crippen LogP contribution in [0.2, 0.25) is 0 Å². The maximum absolute atomic E-state index is 13.2. The molecular weight excluding hydrogens is 448 g/mol. The lowest BCUT2D eigenvalue weighted by Gasteiger charge is -2.26. The topological polar surface area (TPSA) is 116 Å². The van der Waals surface area contributed by atoms with Crippen molar-refractivity contribution in [2.75, 3.05) is 13.2 Å². The normalized spacial score (nSPS) is 30.4. The number of hydrogen-bond donors (Lipinski definition) is 3. The summed E-state index contributed by atoms with van der Waals surface area (Å²) in [5, 5.41) is 22.3. The number of nitrogens with one attached hydrogen (secondary N) is 1. The zero-order valence-electron chi connectivity index (χ0n) is 19.2. The Labute approximate surface area is 202 Å². The number of carbonyl (C=O) groups is 3. The summed E-state index contributed by atoms with van der Waals surface area (Å²) in [4.78, 5) is 38.8. The van der Waals surface area contributed by atoms with E-state index in [4.69, 9.17) is 4.74 Å². The van der Waals surface area contributed by atoms with Gasteiger partial charge in [-0.3, -0.25) is 4.79 Å².